The number of hydrogen-bond donors (Lipinski definition) is 1. The van der Waals surface area contributed by atoms with Crippen LogP contribution in [0, 0.1) is 5.82 Å². The fourth-order valence-corrected chi connectivity index (χ4v) is 2.38. The van der Waals surface area contributed by atoms with E-state index in [0.717, 1.165) is 0 Å². The molecule has 0 aromatic heterocycles. The molecule has 7 heteroatoms. The molecule has 2 aromatic rings. The summed E-state index contributed by atoms with van der Waals surface area (Å²) in [6.45, 7) is 0. The first-order valence-electron chi connectivity index (χ1n) is 7.87. The molecule has 0 radical (unpaired) electrons. The van der Waals surface area contributed by atoms with Gasteiger partial charge in [0.1, 0.15) is 5.82 Å². The summed E-state index contributed by atoms with van der Waals surface area (Å²) >= 11 is 0. The van der Waals surface area contributed by atoms with Gasteiger partial charge in [0.2, 0.25) is 5.91 Å². The molecule has 0 atom stereocenters. The van der Waals surface area contributed by atoms with Gasteiger partial charge in [-0.1, -0.05) is 12.1 Å². The van der Waals surface area contributed by atoms with E-state index in [0.29, 0.717) is 22.7 Å². The Morgan fingerprint density at radius 3 is 2.15 bits per heavy atom. The predicted octanol–water partition coefficient (Wildman–Crippen LogP) is 2.73. The smallest absolute Gasteiger partial charge is 0.255 e. The highest BCUT2D eigenvalue weighted by molar-refractivity contribution is 6.04. The van der Waals surface area contributed by atoms with Crippen LogP contribution in [0.5, 0.6) is 11.5 Å². The molecule has 0 unspecified atom stereocenters. The van der Waals surface area contributed by atoms with Gasteiger partial charge < -0.3 is 19.7 Å². The zero-order valence-corrected chi connectivity index (χ0v) is 15.1. The van der Waals surface area contributed by atoms with E-state index < -0.39 is 0 Å². The Bertz CT molecular complexity index is 804. The van der Waals surface area contributed by atoms with Crippen molar-refractivity contribution in [3.63, 3.8) is 0 Å². The minimum atomic E-state index is -0.368. The molecule has 0 bridgehead atoms. The second-order valence-electron chi connectivity index (χ2n) is 5.80. The summed E-state index contributed by atoms with van der Waals surface area (Å²) in [6.07, 6.45) is 0.0459. The zero-order valence-electron chi connectivity index (χ0n) is 15.1. The van der Waals surface area contributed by atoms with Gasteiger partial charge >= 0.3 is 0 Å². The first-order chi connectivity index (χ1) is 12.3. The third kappa shape index (κ3) is 4.50. The van der Waals surface area contributed by atoms with E-state index in [4.69, 9.17) is 9.47 Å². The van der Waals surface area contributed by atoms with Crippen LogP contribution in [-0.4, -0.2) is 45.0 Å². The highest BCUT2D eigenvalue weighted by Gasteiger charge is 2.20. The van der Waals surface area contributed by atoms with E-state index in [-0.39, 0.29) is 29.6 Å². The van der Waals surface area contributed by atoms with Crippen molar-refractivity contribution in [2.24, 2.45) is 0 Å². The molecule has 0 heterocycles. The zero-order chi connectivity index (χ0) is 19.3. The van der Waals surface area contributed by atoms with E-state index in [1.807, 2.05) is 0 Å². The van der Waals surface area contributed by atoms with Gasteiger partial charge in [0.15, 0.2) is 11.5 Å². The van der Waals surface area contributed by atoms with Crippen LogP contribution in [0.3, 0.4) is 0 Å². The summed E-state index contributed by atoms with van der Waals surface area (Å²) in [5.41, 5.74) is 1.25. The quantitative estimate of drug-likeness (QED) is 0.860. The summed E-state index contributed by atoms with van der Waals surface area (Å²) in [4.78, 5) is 26.2. The summed E-state index contributed by atoms with van der Waals surface area (Å²) in [7, 11) is 6.16. The molecule has 2 amide bonds. The van der Waals surface area contributed by atoms with Crippen LogP contribution in [0.4, 0.5) is 10.1 Å². The third-order valence-corrected chi connectivity index (χ3v) is 3.71. The summed E-state index contributed by atoms with van der Waals surface area (Å²) in [5.74, 6) is -0.221. The summed E-state index contributed by atoms with van der Waals surface area (Å²) in [6, 6.07) is 8.72. The van der Waals surface area contributed by atoms with Crippen molar-refractivity contribution < 1.29 is 23.5 Å². The minimum Gasteiger partial charge on any atom is -0.493 e. The monoisotopic (exact) mass is 360 g/mol. The normalized spacial score (nSPS) is 10.2. The number of rotatable bonds is 6. The fraction of sp³-hybridized carbons (Fsp3) is 0.263. The van der Waals surface area contributed by atoms with Gasteiger partial charge in [-0.15, -0.1) is 0 Å². The molecule has 0 fully saturated rings. The molecule has 0 saturated carbocycles. The number of ether oxygens (including phenoxy) is 2. The Labute approximate surface area is 151 Å². The topological polar surface area (TPSA) is 67.9 Å². The number of nitrogens with one attached hydrogen (secondary N) is 1. The molecule has 2 rings (SSSR count). The van der Waals surface area contributed by atoms with Crippen molar-refractivity contribution in [3.8, 4) is 11.5 Å². The number of nitrogens with zero attached hydrogens (tertiary/aromatic N) is 1. The number of anilines is 1. The largest absolute Gasteiger partial charge is 0.493 e. The van der Waals surface area contributed by atoms with E-state index in [9.17, 15) is 14.0 Å². The molecule has 0 aliphatic rings. The van der Waals surface area contributed by atoms with Crippen LogP contribution < -0.4 is 14.8 Å². The van der Waals surface area contributed by atoms with Gasteiger partial charge in [0.05, 0.1) is 31.9 Å². The summed E-state index contributed by atoms with van der Waals surface area (Å²) < 4.78 is 23.4. The lowest BCUT2D eigenvalue weighted by molar-refractivity contribution is -0.115. The highest BCUT2D eigenvalue weighted by Crippen LogP contribution is 2.34. The lowest BCUT2D eigenvalue weighted by atomic mass is 10.1. The number of carbonyl (C=O) groups is 2. The minimum absolute atomic E-state index is 0.0459. The number of carbonyl (C=O) groups excluding carboxylic acids is 2. The van der Waals surface area contributed by atoms with Crippen LogP contribution in [0.25, 0.3) is 0 Å². The standard InChI is InChI=1S/C19H21FN2O4/c1-22(2)19(24)14-10-16(25-3)17(26-4)11-15(14)21-18(23)9-12-5-7-13(20)8-6-12/h5-8,10-11H,9H2,1-4H3,(H,21,23). The molecule has 6 nitrogen and oxygen atoms in total. The Morgan fingerprint density at radius 2 is 1.62 bits per heavy atom. The number of hydrogen-bond acceptors (Lipinski definition) is 4. The highest BCUT2D eigenvalue weighted by atomic mass is 19.1. The Morgan fingerprint density at radius 1 is 1.04 bits per heavy atom. The molecule has 1 N–H and O–H groups in total. The SMILES string of the molecule is COc1cc(NC(=O)Cc2ccc(F)cc2)c(C(=O)N(C)C)cc1OC. The van der Waals surface area contributed by atoms with Crippen molar-refractivity contribution in [3.05, 3.63) is 53.3 Å². The molecule has 0 saturated heterocycles. The molecule has 2 aromatic carbocycles. The van der Waals surface area contributed by atoms with Gasteiger partial charge in [-0.05, 0) is 23.8 Å². The second-order valence-corrected chi connectivity index (χ2v) is 5.80. The van der Waals surface area contributed by atoms with Gasteiger partial charge in [0.25, 0.3) is 5.91 Å². The van der Waals surface area contributed by atoms with E-state index >= 15 is 0 Å². The van der Waals surface area contributed by atoms with Crippen molar-refractivity contribution in [2.45, 2.75) is 6.42 Å². The lowest BCUT2D eigenvalue weighted by Gasteiger charge is -2.18. The maximum Gasteiger partial charge on any atom is 0.255 e. The molecular formula is C19H21FN2O4. The average Bonchev–Trinajstić information content (AvgIpc) is 2.62. The molecule has 138 valence electrons. The molecule has 0 aliphatic heterocycles. The maximum absolute atomic E-state index is 13.0. The Kier molecular flexibility index (Phi) is 6.16. The Hall–Kier alpha value is -3.09. The first kappa shape index (κ1) is 19.2. The number of halogens is 1. The maximum atomic E-state index is 13.0. The van der Waals surface area contributed by atoms with Gasteiger partial charge in [-0.3, -0.25) is 9.59 Å². The molecule has 0 spiro atoms. The van der Waals surface area contributed by atoms with Crippen LogP contribution in [-0.2, 0) is 11.2 Å². The van der Waals surface area contributed by atoms with Gasteiger partial charge in [-0.25, -0.2) is 4.39 Å². The third-order valence-electron chi connectivity index (χ3n) is 3.71. The van der Waals surface area contributed by atoms with E-state index in [1.54, 1.807) is 14.1 Å². The number of amides is 2. The van der Waals surface area contributed by atoms with E-state index in [1.165, 1.54) is 55.5 Å². The molecule has 0 aliphatic carbocycles. The Balaban J connectivity index is 2.31. The van der Waals surface area contributed by atoms with Gasteiger partial charge in [0, 0.05) is 20.2 Å². The van der Waals surface area contributed by atoms with Gasteiger partial charge in [-0.2, -0.15) is 0 Å². The number of benzene rings is 2. The number of methoxy groups -OCH3 is 2. The predicted molar refractivity (Wildman–Crippen MR) is 96.3 cm³/mol. The molecular weight excluding hydrogens is 339 g/mol. The lowest BCUT2D eigenvalue weighted by Crippen LogP contribution is -2.24. The second kappa shape index (κ2) is 8.33. The van der Waals surface area contributed by atoms with Crippen LogP contribution in [0.15, 0.2) is 36.4 Å². The van der Waals surface area contributed by atoms with Crippen molar-refractivity contribution >= 4 is 17.5 Å². The van der Waals surface area contributed by atoms with Crippen LogP contribution >= 0.6 is 0 Å². The summed E-state index contributed by atoms with van der Waals surface area (Å²) in [5, 5.41) is 2.72. The van der Waals surface area contributed by atoms with Crippen LogP contribution in [0.2, 0.25) is 0 Å². The van der Waals surface area contributed by atoms with Crippen molar-refractivity contribution in [1.82, 2.24) is 4.90 Å². The van der Waals surface area contributed by atoms with Crippen molar-refractivity contribution in [2.75, 3.05) is 33.6 Å². The van der Waals surface area contributed by atoms with Crippen molar-refractivity contribution in [1.29, 1.82) is 0 Å². The first-order valence-corrected chi connectivity index (χ1v) is 7.87. The van der Waals surface area contributed by atoms with E-state index in [2.05, 4.69) is 5.32 Å². The fourth-order valence-electron chi connectivity index (χ4n) is 2.38. The average molecular weight is 360 g/mol. The van der Waals surface area contributed by atoms with Crippen LogP contribution in [0.1, 0.15) is 15.9 Å². The molecule has 26 heavy (non-hydrogen) atoms.